The number of nitrogens with zero attached hydrogens (tertiary/aromatic N) is 2. The third kappa shape index (κ3) is 4.17. The molecule has 1 heterocycles. The van der Waals surface area contributed by atoms with Crippen molar-refractivity contribution in [3.05, 3.63) is 17.0 Å². The molecule has 7 nitrogen and oxygen atoms in total. The normalized spacial score (nSPS) is 10.8. The highest BCUT2D eigenvalue weighted by Gasteiger charge is 2.16. The van der Waals surface area contributed by atoms with E-state index in [1.54, 1.807) is 18.7 Å². The number of rotatable bonds is 7. The number of hydrogen-bond acceptors (Lipinski definition) is 5. The third-order valence-electron chi connectivity index (χ3n) is 2.56. The van der Waals surface area contributed by atoms with Crippen molar-refractivity contribution in [2.75, 3.05) is 13.1 Å². The van der Waals surface area contributed by atoms with Crippen molar-refractivity contribution >= 4 is 11.9 Å². The Bertz CT molecular complexity index is 421. The second kappa shape index (κ2) is 6.15. The third-order valence-corrected chi connectivity index (χ3v) is 2.56. The van der Waals surface area contributed by atoms with Gasteiger partial charge in [0.25, 0.3) is 0 Å². The molecule has 0 saturated heterocycles. The van der Waals surface area contributed by atoms with Gasteiger partial charge >= 0.3 is 11.9 Å². The van der Waals surface area contributed by atoms with Crippen molar-refractivity contribution in [2.24, 2.45) is 0 Å². The zero-order chi connectivity index (χ0) is 13.7. The van der Waals surface area contributed by atoms with Crippen LogP contribution >= 0.6 is 0 Å². The first-order valence-electron chi connectivity index (χ1n) is 5.48. The second-order valence-electron chi connectivity index (χ2n) is 4.05. The topological polar surface area (TPSA) is 104 Å². The summed E-state index contributed by atoms with van der Waals surface area (Å²) in [6.45, 7) is 3.79. The maximum absolute atomic E-state index is 10.7. The first kappa shape index (κ1) is 14.2. The molecule has 0 bridgehead atoms. The Hall–Kier alpha value is -1.89. The van der Waals surface area contributed by atoms with E-state index in [0.717, 1.165) is 5.56 Å². The first-order chi connectivity index (χ1) is 8.40. The summed E-state index contributed by atoms with van der Waals surface area (Å²) in [7, 11) is 0. The molecule has 18 heavy (non-hydrogen) atoms. The highest BCUT2D eigenvalue weighted by atomic mass is 16.5. The molecule has 0 aromatic carbocycles. The minimum atomic E-state index is -0.993. The Kier molecular flexibility index (Phi) is 4.85. The van der Waals surface area contributed by atoms with Crippen molar-refractivity contribution in [1.82, 2.24) is 10.1 Å². The fourth-order valence-corrected chi connectivity index (χ4v) is 1.61. The van der Waals surface area contributed by atoms with Crippen LogP contribution in [0, 0.1) is 13.8 Å². The number of aliphatic carboxylic acids is 2. The summed E-state index contributed by atoms with van der Waals surface area (Å²) in [5.74, 6) is -1.32. The summed E-state index contributed by atoms with van der Waals surface area (Å²) >= 11 is 0. The molecule has 7 heteroatoms. The van der Waals surface area contributed by atoms with Crippen LogP contribution in [0.3, 0.4) is 0 Å². The smallest absolute Gasteiger partial charge is 0.317 e. The lowest BCUT2D eigenvalue weighted by atomic mass is 10.2. The Morgan fingerprint density at radius 1 is 1.28 bits per heavy atom. The quantitative estimate of drug-likeness (QED) is 0.738. The maximum Gasteiger partial charge on any atom is 0.317 e. The average molecular weight is 256 g/mol. The Balaban J connectivity index is 2.71. The van der Waals surface area contributed by atoms with Gasteiger partial charge < -0.3 is 14.7 Å². The van der Waals surface area contributed by atoms with Crippen molar-refractivity contribution in [3.8, 4) is 0 Å². The van der Waals surface area contributed by atoms with E-state index >= 15 is 0 Å². The van der Waals surface area contributed by atoms with Crippen molar-refractivity contribution in [1.29, 1.82) is 0 Å². The van der Waals surface area contributed by atoms with Gasteiger partial charge in [-0.3, -0.25) is 14.5 Å². The predicted octanol–water partition coefficient (Wildman–Crippen LogP) is 0.653. The standard InChI is InChI=1S/C11H16N2O5/c1-7-9(8(2)18-12-7)5-13(6-11(16)17)4-3-10(14)15/h3-6H2,1-2H3,(H,14,15)(H,16,17). The lowest BCUT2D eigenvalue weighted by Gasteiger charge is -2.18. The van der Waals surface area contributed by atoms with Gasteiger partial charge in [-0.25, -0.2) is 0 Å². The zero-order valence-electron chi connectivity index (χ0n) is 10.3. The molecule has 0 amide bonds. The molecule has 0 radical (unpaired) electrons. The van der Waals surface area contributed by atoms with E-state index in [9.17, 15) is 9.59 Å². The van der Waals surface area contributed by atoms with Gasteiger partial charge in [-0.15, -0.1) is 0 Å². The molecule has 0 aliphatic heterocycles. The minimum absolute atomic E-state index is 0.101. The van der Waals surface area contributed by atoms with E-state index in [1.807, 2.05) is 0 Å². The summed E-state index contributed by atoms with van der Waals surface area (Å²) in [6.07, 6.45) is -0.101. The van der Waals surface area contributed by atoms with Crippen LogP contribution in [-0.2, 0) is 16.1 Å². The molecule has 100 valence electrons. The Morgan fingerprint density at radius 3 is 2.39 bits per heavy atom. The Labute approximate surface area is 104 Å². The lowest BCUT2D eigenvalue weighted by molar-refractivity contribution is -0.141. The molecule has 0 saturated carbocycles. The van der Waals surface area contributed by atoms with E-state index in [4.69, 9.17) is 14.7 Å². The van der Waals surface area contributed by atoms with Gasteiger partial charge in [0.1, 0.15) is 5.76 Å². The van der Waals surface area contributed by atoms with Gasteiger partial charge in [0, 0.05) is 18.7 Å². The van der Waals surface area contributed by atoms with E-state index in [2.05, 4.69) is 5.16 Å². The summed E-state index contributed by atoms with van der Waals surface area (Å²) in [5, 5.41) is 21.2. The van der Waals surface area contributed by atoms with Gasteiger partial charge in [-0.1, -0.05) is 5.16 Å². The molecule has 1 aromatic rings. The van der Waals surface area contributed by atoms with E-state index < -0.39 is 11.9 Å². The summed E-state index contributed by atoms with van der Waals surface area (Å²) < 4.78 is 4.99. The molecular formula is C11H16N2O5. The van der Waals surface area contributed by atoms with Gasteiger partial charge in [0.05, 0.1) is 18.7 Å². The minimum Gasteiger partial charge on any atom is -0.481 e. The van der Waals surface area contributed by atoms with E-state index in [0.29, 0.717) is 18.0 Å². The second-order valence-corrected chi connectivity index (χ2v) is 4.05. The highest BCUT2D eigenvalue weighted by Crippen LogP contribution is 2.15. The van der Waals surface area contributed by atoms with Gasteiger partial charge in [0.15, 0.2) is 0 Å². The van der Waals surface area contributed by atoms with Crippen molar-refractivity contribution < 1.29 is 24.3 Å². The van der Waals surface area contributed by atoms with Crippen LogP contribution < -0.4 is 0 Å². The molecule has 1 aromatic heterocycles. The van der Waals surface area contributed by atoms with Crippen LogP contribution in [0.15, 0.2) is 4.52 Å². The summed E-state index contributed by atoms with van der Waals surface area (Å²) in [5.41, 5.74) is 1.50. The molecular weight excluding hydrogens is 240 g/mol. The molecule has 0 fully saturated rings. The molecule has 0 aliphatic carbocycles. The number of hydrogen-bond donors (Lipinski definition) is 2. The fourth-order valence-electron chi connectivity index (χ4n) is 1.61. The molecule has 1 rings (SSSR count). The monoisotopic (exact) mass is 256 g/mol. The van der Waals surface area contributed by atoms with Crippen LogP contribution in [0.4, 0.5) is 0 Å². The molecule has 2 N–H and O–H groups in total. The fraction of sp³-hybridized carbons (Fsp3) is 0.545. The highest BCUT2D eigenvalue weighted by molar-refractivity contribution is 5.69. The summed E-state index contributed by atoms with van der Waals surface area (Å²) in [4.78, 5) is 22.8. The van der Waals surface area contributed by atoms with Crippen molar-refractivity contribution in [3.63, 3.8) is 0 Å². The lowest BCUT2D eigenvalue weighted by Crippen LogP contribution is -2.31. The summed E-state index contributed by atoms with van der Waals surface area (Å²) in [6, 6.07) is 0. The van der Waals surface area contributed by atoms with Crippen LogP contribution in [0.5, 0.6) is 0 Å². The number of carboxylic acids is 2. The predicted molar refractivity (Wildman–Crippen MR) is 61.1 cm³/mol. The SMILES string of the molecule is Cc1noc(C)c1CN(CCC(=O)O)CC(=O)O. The van der Waals surface area contributed by atoms with Crippen LogP contribution in [0.1, 0.15) is 23.4 Å². The largest absolute Gasteiger partial charge is 0.481 e. The first-order valence-corrected chi connectivity index (χ1v) is 5.48. The number of carboxylic acid groups (broad SMARTS) is 2. The van der Waals surface area contributed by atoms with Crippen molar-refractivity contribution in [2.45, 2.75) is 26.8 Å². The van der Waals surface area contributed by atoms with E-state index in [-0.39, 0.29) is 19.5 Å². The van der Waals surface area contributed by atoms with Crippen LogP contribution in [-0.4, -0.2) is 45.3 Å². The average Bonchev–Trinajstić information content (AvgIpc) is 2.56. The van der Waals surface area contributed by atoms with Crippen LogP contribution in [0.25, 0.3) is 0 Å². The zero-order valence-corrected chi connectivity index (χ0v) is 10.3. The molecule has 0 atom stereocenters. The number of aryl methyl sites for hydroxylation is 2. The van der Waals surface area contributed by atoms with Gasteiger partial charge in [0.2, 0.25) is 0 Å². The van der Waals surface area contributed by atoms with Gasteiger partial charge in [-0.05, 0) is 13.8 Å². The number of carbonyl (C=O) groups is 2. The van der Waals surface area contributed by atoms with Gasteiger partial charge in [-0.2, -0.15) is 0 Å². The van der Waals surface area contributed by atoms with E-state index in [1.165, 1.54) is 0 Å². The number of aromatic nitrogens is 1. The van der Waals surface area contributed by atoms with Crippen LogP contribution in [0.2, 0.25) is 0 Å². The molecule has 0 aliphatic rings. The molecule has 0 unspecified atom stereocenters. The maximum atomic E-state index is 10.7. The Morgan fingerprint density at radius 2 is 1.94 bits per heavy atom. The molecule has 0 spiro atoms.